The molecular formula is C15H29ClN2O4S. The molecule has 0 bridgehead atoms. The van der Waals surface area contributed by atoms with Crippen LogP contribution in [-0.4, -0.2) is 56.2 Å². The first-order valence-corrected chi connectivity index (χ1v) is 9.97. The minimum Gasteiger partial charge on any atom is -0.392 e. The lowest BCUT2D eigenvalue weighted by atomic mass is 9.73. The molecule has 0 spiro atoms. The Morgan fingerprint density at radius 3 is 2.39 bits per heavy atom. The largest absolute Gasteiger partial charge is 0.392 e. The molecular weight excluding hydrogens is 340 g/mol. The second kappa shape index (κ2) is 7.68. The minimum atomic E-state index is -3.49. The first-order chi connectivity index (χ1) is 10.2. The van der Waals surface area contributed by atoms with E-state index in [-0.39, 0.29) is 17.8 Å². The lowest BCUT2D eigenvalue weighted by Crippen LogP contribution is -2.59. The van der Waals surface area contributed by atoms with Crippen LogP contribution in [0.4, 0.5) is 0 Å². The number of carbonyl (C=O) groups is 1. The molecule has 2 fully saturated rings. The predicted molar refractivity (Wildman–Crippen MR) is 92.5 cm³/mol. The third kappa shape index (κ3) is 4.18. The molecule has 1 aliphatic carbocycles. The minimum absolute atomic E-state index is 0. The summed E-state index contributed by atoms with van der Waals surface area (Å²) in [4.78, 5) is 12.7. The van der Waals surface area contributed by atoms with Gasteiger partial charge in [-0.25, -0.2) is 8.42 Å². The summed E-state index contributed by atoms with van der Waals surface area (Å²) in [6, 6.07) is 0. The van der Waals surface area contributed by atoms with Crippen molar-refractivity contribution in [3.05, 3.63) is 0 Å². The van der Waals surface area contributed by atoms with E-state index in [1.807, 2.05) is 6.92 Å². The van der Waals surface area contributed by atoms with Crippen molar-refractivity contribution in [3.8, 4) is 0 Å². The molecule has 0 aromatic carbocycles. The molecule has 2 unspecified atom stereocenters. The van der Waals surface area contributed by atoms with Crippen molar-refractivity contribution < 1.29 is 18.3 Å². The normalized spacial score (nSPS) is 31.0. The number of carbonyl (C=O) groups excluding carboxylic acids is 1. The molecule has 2 atom stereocenters. The number of piperidine rings is 1. The van der Waals surface area contributed by atoms with E-state index in [2.05, 4.69) is 10.6 Å². The topological polar surface area (TPSA) is 95.5 Å². The van der Waals surface area contributed by atoms with Crippen molar-refractivity contribution in [2.45, 2.75) is 56.3 Å². The Labute approximate surface area is 145 Å². The number of aliphatic hydroxyl groups excluding tert-OH is 1. The van der Waals surface area contributed by atoms with E-state index in [4.69, 9.17) is 0 Å². The van der Waals surface area contributed by atoms with E-state index in [1.54, 1.807) is 0 Å². The van der Waals surface area contributed by atoms with Crippen LogP contribution in [0.3, 0.4) is 0 Å². The number of hydrogen-bond acceptors (Lipinski definition) is 5. The summed E-state index contributed by atoms with van der Waals surface area (Å²) in [5.41, 5.74) is -0.362. The fourth-order valence-electron chi connectivity index (χ4n) is 3.63. The molecule has 2 aliphatic rings. The predicted octanol–water partition coefficient (Wildman–Crippen LogP) is 0.632. The van der Waals surface area contributed by atoms with Crippen LogP contribution in [0.2, 0.25) is 0 Å². The zero-order chi connectivity index (χ0) is 16.4. The van der Waals surface area contributed by atoms with E-state index in [1.165, 1.54) is 0 Å². The van der Waals surface area contributed by atoms with Crippen LogP contribution in [0, 0.1) is 5.41 Å². The summed E-state index contributed by atoms with van der Waals surface area (Å²) in [5.74, 6) is -0.407. The van der Waals surface area contributed by atoms with Gasteiger partial charge in [-0.1, -0.05) is 19.8 Å². The van der Waals surface area contributed by atoms with Gasteiger partial charge in [-0.15, -0.1) is 12.4 Å². The van der Waals surface area contributed by atoms with Gasteiger partial charge >= 0.3 is 0 Å². The fraction of sp³-hybridized carbons (Fsp3) is 0.933. The van der Waals surface area contributed by atoms with Crippen LogP contribution in [0.25, 0.3) is 0 Å². The molecule has 3 N–H and O–H groups in total. The van der Waals surface area contributed by atoms with E-state index < -0.39 is 26.6 Å². The first-order valence-electron chi connectivity index (χ1n) is 8.08. The summed E-state index contributed by atoms with van der Waals surface area (Å²) in [5, 5.41) is 16.1. The lowest BCUT2D eigenvalue weighted by molar-refractivity contribution is -0.125. The van der Waals surface area contributed by atoms with Crippen molar-refractivity contribution >= 4 is 28.2 Å². The number of nitrogens with one attached hydrogen (secondary N) is 2. The highest BCUT2D eigenvalue weighted by molar-refractivity contribution is 7.92. The maximum Gasteiger partial charge on any atom is 0.241 e. The van der Waals surface area contributed by atoms with Gasteiger partial charge in [0.2, 0.25) is 5.91 Å². The van der Waals surface area contributed by atoms with E-state index in [0.29, 0.717) is 32.5 Å². The number of aliphatic hydroxyl groups is 1. The monoisotopic (exact) mass is 368 g/mol. The number of amides is 1. The third-order valence-electron chi connectivity index (χ3n) is 5.47. The van der Waals surface area contributed by atoms with Gasteiger partial charge < -0.3 is 15.7 Å². The Morgan fingerprint density at radius 1 is 1.26 bits per heavy atom. The second-order valence-corrected chi connectivity index (χ2v) is 9.44. The third-order valence-corrected chi connectivity index (χ3v) is 7.48. The summed E-state index contributed by atoms with van der Waals surface area (Å²) in [7, 11) is -3.49. The maximum absolute atomic E-state index is 12.7. The summed E-state index contributed by atoms with van der Waals surface area (Å²) in [6.07, 6.45) is 4.94. The Balaban J connectivity index is 0.00000264. The van der Waals surface area contributed by atoms with E-state index in [9.17, 15) is 18.3 Å². The Hall–Kier alpha value is -0.370. The van der Waals surface area contributed by atoms with Gasteiger partial charge in [0.1, 0.15) is 0 Å². The molecule has 8 heteroatoms. The molecule has 136 valence electrons. The molecule has 1 heterocycles. The van der Waals surface area contributed by atoms with Gasteiger partial charge in [-0.2, -0.15) is 0 Å². The fourth-order valence-corrected chi connectivity index (χ4v) is 4.98. The molecule has 2 rings (SSSR count). The highest BCUT2D eigenvalue weighted by atomic mass is 35.5. The van der Waals surface area contributed by atoms with Crippen molar-refractivity contribution in [1.82, 2.24) is 10.6 Å². The van der Waals surface area contributed by atoms with Crippen LogP contribution >= 0.6 is 12.4 Å². The maximum atomic E-state index is 12.7. The number of rotatable bonds is 4. The molecule has 0 radical (unpaired) electrons. The highest BCUT2D eigenvalue weighted by Gasteiger charge is 2.49. The molecule has 1 saturated heterocycles. The van der Waals surface area contributed by atoms with Gasteiger partial charge in [0.05, 0.1) is 6.10 Å². The Kier molecular flexibility index (Phi) is 6.90. The summed E-state index contributed by atoms with van der Waals surface area (Å²) < 4.78 is 23.1. The van der Waals surface area contributed by atoms with Crippen LogP contribution < -0.4 is 10.6 Å². The quantitative estimate of drug-likeness (QED) is 0.676. The molecule has 0 aromatic heterocycles. The SMILES string of the molecule is CC1(CNC(=O)C2(S(C)(=O)=O)CCNCC2)CCCCC1O.Cl. The van der Waals surface area contributed by atoms with Crippen molar-refractivity contribution in [1.29, 1.82) is 0 Å². The van der Waals surface area contributed by atoms with Gasteiger partial charge in [-0.3, -0.25) is 4.79 Å². The number of sulfone groups is 1. The first kappa shape index (κ1) is 20.7. The van der Waals surface area contributed by atoms with E-state index >= 15 is 0 Å². The van der Waals surface area contributed by atoms with Crippen molar-refractivity contribution in [2.75, 3.05) is 25.9 Å². The Morgan fingerprint density at radius 2 is 1.87 bits per heavy atom. The number of halogens is 1. The van der Waals surface area contributed by atoms with Gasteiger partial charge in [-0.05, 0) is 38.8 Å². The van der Waals surface area contributed by atoms with Crippen LogP contribution in [0.5, 0.6) is 0 Å². The number of hydrogen-bond donors (Lipinski definition) is 3. The second-order valence-electron chi connectivity index (χ2n) is 7.11. The average Bonchev–Trinajstić information content (AvgIpc) is 2.48. The van der Waals surface area contributed by atoms with Crippen molar-refractivity contribution in [3.63, 3.8) is 0 Å². The smallest absolute Gasteiger partial charge is 0.241 e. The molecule has 1 amide bonds. The summed E-state index contributed by atoms with van der Waals surface area (Å²) >= 11 is 0. The summed E-state index contributed by atoms with van der Waals surface area (Å²) in [6.45, 7) is 3.35. The van der Waals surface area contributed by atoms with Gasteiger partial charge in [0, 0.05) is 18.2 Å². The zero-order valence-corrected chi connectivity index (χ0v) is 15.6. The Bertz CT molecular complexity index is 520. The molecule has 1 saturated carbocycles. The van der Waals surface area contributed by atoms with Crippen LogP contribution in [-0.2, 0) is 14.6 Å². The lowest BCUT2D eigenvalue weighted by Gasteiger charge is -2.40. The molecule has 0 aromatic rings. The van der Waals surface area contributed by atoms with Gasteiger partial charge in [0.15, 0.2) is 14.6 Å². The average molecular weight is 369 g/mol. The van der Waals surface area contributed by atoms with Gasteiger partial charge in [0.25, 0.3) is 0 Å². The molecule has 6 nitrogen and oxygen atoms in total. The zero-order valence-electron chi connectivity index (χ0n) is 13.9. The molecule has 1 aliphatic heterocycles. The standard InChI is InChI=1S/C15H28N2O4S.ClH/c1-14(6-4-3-5-12(14)18)11-17-13(19)15(22(2,20)21)7-9-16-10-8-15;/h12,16,18H,3-11H2,1-2H3,(H,17,19);1H. The van der Waals surface area contributed by atoms with Crippen molar-refractivity contribution in [2.24, 2.45) is 5.41 Å². The van der Waals surface area contributed by atoms with E-state index in [0.717, 1.165) is 31.9 Å². The van der Waals surface area contributed by atoms with Crippen LogP contribution in [0.1, 0.15) is 45.4 Å². The highest BCUT2D eigenvalue weighted by Crippen LogP contribution is 2.36. The molecule has 23 heavy (non-hydrogen) atoms. The van der Waals surface area contributed by atoms with Crippen LogP contribution in [0.15, 0.2) is 0 Å².